The molecule has 2 fully saturated rings. The van der Waals surface area contributed by atoms with Crippen LogP contribution in [0.25, 0.3) is 0 Å². The van der Waals surface area contributed by atoms with Crippen molar-refractivity contribution in [3.05, 3.63) is 29.3 Å². The highest BCUT2D eigenvalue weighted by atomic mass is 32.2. The number of aryl methyl sites for hydroxylation is 2. The molecule has 7 heteroatoms. The second-order valence-electron chi connectivity index (χ2n) is 7.16. The molecule has 2 aliphatic heterocycles. The first-order chi connectivity index (χ1) is 12.3. The monoisotopic (exact) mass is 394 g/mol. The predicted molar refractivity (Wildman–Crippen MR) is 109 cm³/mol. The molecule has 26 heavy (non-hydrogen) atoms. The summed E-state index contributed by atoms with van der Waals surface area (Å²) in [6, 6.07) is 5.87. The smallest absolute Gasteiger partial charge is 0.251 e. The van der Waals surface area contributed by atoms with Gasteiger partial charge in [0.1, 0.15) is 0 Å². The van der Waals surface area contributed by atoms with E-state index in [2.05, 4.69) is 4.99 Å². The Morgan fingerprint density at radius 1 is 1.23 bits per heavy atom. The molecule has 2 heterocycles. The SMILES string of the molecule is CCC(CC)C(=O)N=C1SC2CS(=O)(=O)CC2N1c1c(C)cccc1C. The first-order valence-corrected chi connectivity index (χ1v) is 11.8. The zero-order valence-corrected chi connectivity index (χ0v) is 17.4. The van der Waals surface area contributed by atoms with Crippen LogP contribution in [-0.4, -0.2) is 42.3 Å². The number of thioether (sulfide) groups is 1. The van der Waals surface area contributed by atoms with Crippen LogP contribution in [0.2, 0.25) is 0 Å². The van der Waals surface area contributed by atoms with Gasteiger partial charge in [-0.05, 0) is 37.8 Å². The molecule has 0 bridgehead atoms. The number of aliphatic imine (C=N–C) groups is 1. The third-order valence-corrected chi connectivity index (χ3v) is 8.50. The van der Waals surface area contributed by atoms with Gasteiger partial charge in [-0.2, -0.15) is 4.99 Å². The van der Waals surface area contributed by atoms with Gasteiger partial charge in [0.2, 0.25) is 0 Å². The lowest BCUT2D eigenvalue weighted by molar-refractivity contribution is -0.121. The topological polar surface area (TPSA) is 66.8 Å². The van der Waals surface area contributed by atoms with E-state index in [1.54, 1.807) is 0 Å². The zero-order chi connectivity index (χ0) is 19.1. The first-order valence-electron chi connectivity index (χ1n) is 9.12. The zero-order valence-electron chi connectivity index (χ0n) is 15.7. The minimum Gasteiger partial charge on any atom is -0.315 e. The van der Waals surface area contributed by atoms with Crippen LogP contribution in [0, 0.1) is 19.8 Å². The van der Waals surface area contributed by atoms with Crippen molar-refractivity contribution in [2.45, 2.75) is 51.8 Å². The highest BCUT2D eigenvalue weighted by molar-refractivity contribution is 8.16. The van der Waals surface area contributed by atoms with Gasteiger partial charge in [-0.3, -0.25) is 4.79 Å². The number of anilines is 1. The number of para-hydroxylation sites is 1. The number of hydrogen-bond donors (Lipinski definition) is 0. The molecule has 0 aliphatic carbocycles. The average molecular weight is 395 g/mol. The van der Waals surface area contributed by atoms with E-state index >= 15 is 0 Å². The molecule has 3 rings (SSSR count). The molecule has 0 N–H and O–H groups in total. The number of sulfone groups is 1. The van der Waals surface area contributed by atoms with E-state index in [1.807, 2.05) is 50.8 Å². The van der Waals surface area contributed by atoms with Crippen LogP contribution in [0.5, 0.6) is 0 Å². The number of hydrogen-bond acceptors (Lipinski definition) is 4. The van der Waals surface area contributed by atoms with Gasteiger partial charge in [0.15, 0.2) is 15.0 Å². The quantitative estimate of drug-likeness (QED) is 0.783. The molecule has 2 aliphatic rings. The maximum atomic E-state index is 12.6. The van der Waals surface area contributed by atoms with Crippen LogP contribution in [0.15, 0.2) is 23.2 Å². The largest absolute Gasteiger partial charge is 0.315 e. The Morgan fingerprint density at radius 3 is 2.42 bits per heavy atom. The van der Waals surface area contributed by atoms with Crippen molar-refractivity contribution in [2.24, 2.45) is 10.9 Å². The summed E-state index contributed by atoms with van der Waals surface area (Å²) in [5.74, 6) is 0.0992. The lowest BCUT2D eigenvalue weighted by atomic mass is 10.0. The van der Waals surface area contributed by atoms with Crippen molar-refractivity contribution in [1.29, 1.82) is 0 Å². The van der Waals surface area contributed by atoms with E-state index in [0.29, 0.717) is 5.17 Å². The highest BCUT2D eigenvalue weighted by Crippen LogP contribution is 2.43. The van der Waals surface area contributed by atoms with Gasteiger partial charge >= 0.3 is 0 Å². The summed E-state index contributed by atoms with van der Waals surface area (Å²) in [5.41, 5.74) is 3.12. The lowest BCUT2D eigenvalue weighted by Crippen LogP contribution is -2.38. The summed E-state index contributed by atoms with van der Waals surface area (Å²) in [7, 11) is -3.05. The van der Waals surface area contributed by atoms with Crippen molar-refractivity contribution < 1.29 is 13.2 Å². The molecule has 0 saturated carbocycles. The molecule has 5 nitrogen and oxygen atoms in total. The van der Waals surface area contributed by atoms with Crippen molar-refractivity contribution >= 4 is 38.4 Å². The lowest BCUT2D eigenvalue weighted by Gasteiger charge is -2.28. The van der Waals surface area contributed by atoms with Crippen LogP contribution in [0.1, 0.15) is 37.8 Å². The van der Waals surface area contributed by atoms with Crippen molar-refractivity contribution in [2.75, 3.05) is 16.4 Å². The minimum atomic E-state index is -3.05. The van der Waals surface area contributed by atoms with E-state index in [0.717, 1.165) is 29.7 Å². The highest BCUT2D eigenvalue weighted by Gasteiger charge is 2.50. The maximum Gasteiger partial charge on any atom is 0.251 e. The molecular weight excluding hydrogens is 368 g/mol. The number of benzene rings is 1. The molecule has 2 unspecified atom stereocenters. The van der Waals surface area contributed by atoms with Gasteiger partial charge in [0.05, 0.1) is 17.5 Å². The maximum absolute atomic E-state index is 12.6. The summed E-state index contributed by atoms with van der Waals surface area (Å²) >= 11 is 1.45. The van der Waals surface area contributed by atoms with Gasteiger partial charge in [-0.1, -0.05) is 43.8 Å². The molecule has 1 amide bonds. The van der Waals surface area contributed by atoms with E-state index < -0.39 is 9.84 Å². The Bertz CT molecular complexity index is 824. The fourth-order valence-corrected chi connectivity index (χ4v) is 7.74. The van der Waals surface area contributed by atoms with Crippen molar-refractivity contribution in [1.82, 2.24) is 0 Å². The van der Waals surface area contributed by atoms with Crippen molar-refractivity contribution in [3.8, 4) is 0 Å². The Morgan fingerprint density at radius 2 is 1.85 bits per heavy atom. The van der Waals surface area contributed by atoms with Gasteiger partial charge in [-0.25, -0.2) is 8.42 Å². The molecule has 0 aromatic heterocycles. The Labute approximate surface area is 160 Å². The number of carbonyl (C=O) groups is 1. The fourth-order valence-electron chi connectivity index (χ4n) is 3.84. The first kappa shape index (κ1) is 19.4. The Balaban J connectivity index is 2.06. The second kappa shape index (κ2) is 7.35. The molecule has 2 atom stereocenters. The van der Waals surface area contributed by atoms with Crippen molar-refractivity contribution in [3.63, 3.8) is 0 Å². The summed E-state index contributed by atoms with van der Waals surface area (Å²) in [5, 5.41) is 0.594. The van der Waals surface area contributed by atoms with Crippen LogP contribution >= 0.6 is 11.8 Å². The van der Waals surface area contributed by atoms with E-state index in [4.69, 9.17) is 0 Å². The van der Waals surface area contributed by atoms with Crippen LogP contribution in [0.4, 0.5) is 5.69 Å². The minimum absolute atomic E-state index is 0.0627. The second-order valence-corrected chi connectivity index (χ2v) is 10.5. The molecule has 142 valence electrons. The standard InChI is InChI=1S/C19H26N2O3S2/c1-5-14(6-2)18(22)20-19-21(17-12(3)8-7-9-13(17)4)15-10-26(23,24)11-16(15)25-19/h7-9,14-16H,5-6,10-11H2,1-4H3. The number of nitrogens with zero attached hydrogens (tertiary/aromatic N) is 2. The summed E-state index contributed by atoms with van der Waals surface area (Å²) in [6.45, 7) is 8.03. The number of rotatable bonds is 4. The normalized spacial score (nSPS) is 25.9. The third-order valence-electron chi connectivity index (χ3n) is 5.29. The number of carbonyl (C=O) groups excluding carboxylic acids is 1. The Kier molecular flexibility index (Phi) is 5.49. The molecular formula is C19H26N2O3S2. The molecule has 2 saturated heterocycles. The van der Waals surface area contributed by atoms with Crippen LogP contribution in [-0.2, 0) is 14.6 Å². The van der Waals surface area contributed by atoms with Gasteiger partial charge in [-0.15, -0.1) is 0 Å². The van der Waals surface area contributed by atoms with Crippen LogP contribution < -0.4 is 4.90 Å². The third kappa shape index (κ3) is 3.56. The predicted octanol–water partition coefficient (Wildman–Crippen LogP) is 3.34. The molecule has 1 aromatic carbocycles. The molecule has 1 aromatic rings. The van der Waals surface area contributed by atoms with Crippen LogP contribution in [0.3, 0.4) is 0 Å². The number of amidine groups is 1. The van der Waals surface area contributed by atoms with E-state index in [-0.39, 0.29) is 34.6 Å². The van der Waals surface area contributed by atoms with E-state index in [1.165, 1.54) is 11.8 Å². The molecule has 0 spiro atoms. The summed E-state index contributed by atoms with van der Waals surface area (Å²) < 4.78 is 24.3. The number of amides is 1. The Hall–Kier alpha value is -1.34. The number of fused-ring (bicyclic) bond motifs is 1. The van der Waals surface area contributed by atoms with E-state index in [9.17, 15) is 13.2 Å². The molecule has 0 radical (unpaired) electrons. The average Bonchev–Trinajstić information content (AvgIpc) is 3.01. The fraction of sp³-hybridized carbons (Fsp3) is 0.579. The van der Waals surface area contributed by atoms with Gasteiger partial charge in [0, 0.05) is 16.9 Å². The summed E-state index contributed by atoms with van der Waals surface area (Å²) in [6.07, 6.45) is 1.53. The van der Waals surface area contributed by atoms with Gasteiger partial charge < -0.3 is 4.90 Å². The van der Waals surface area contributed by atoms with Gasteiger partial charge in [0.25, 0.3) is 5.91 Å². The summed E-state index contributed by atoms with van der Waals surface area (Å²) in [4.78, 5) is 19.1.